The molecule has 1 aliphatic rings. The predicted octanol–water partition coefficient (Wildman–Crippen LogP) is 1.06. The Morgan fingerprint density at radius 3 is 2.59 bits per heavy atom. The Hall–Kier alpha value is -1.93. The summed E-state index contributed by atoms with van der Waals surface area (Å²) in [7, 11) is -1.44. The first-order valence-electron chi connectivity index (χ1n) is 6.31. The number of carbonyl (C=O) groups excluding carboxylic acids is 2. The van der Waals surface area contributed by atoms with Crippen LogP contribution in [0.3, 0.4) is 0 Å². The van der Waals surface area contributed by atoms with E-state index in [0.29, 0.717) is 10.6 Å². The molecule has 0 saturated carbocycles. The van der Waals surface area contributed by atoms with Gasteiger partial charge in [-0.15, -0.1) is 0 Å². The fourth-order valence-corrected chi connectivity index (χ4v) is 3.60. The van der Waals surface area contributed by atoms with Crippen LogP contribution in [0.2, 0.25) is 5.02 Å². The number of halogens is 1. The Morgan fingerprint density at radius 2 is 1.95 bits per heavy atom. The van der Waals surface area contributed by atoms with Gasteiger partial charge in [0.05, 0.1) is 19.8 Å². The fraction of sp³-hybridized carbons (Fsp3) is 0.308. The van der Waals surface area contributed by atoms with E-state index in [1.807, 2.05) is 0 Å². The van der Waals surface area contributed by atoms with Crippen LogP contribution in [0.25, 0.3) is 0 Å². The molecule has 1 unspecified atom stereocenters. The second-order valence-electron chi connectivity index (χ2n) is 4.92. The lowest BCUT2D eigenvalue weighted by Gasteiger charge is -2.20. The highest BCUT2D eigenvalue weighted by Crippen LogP contribution is 2.25. The summed E-state index contributed by atoms with van der Waals surface area (Å²) in [6, 6.07) is 4.19. The van der Waals surface area contributed by atoms with E-state index >= 15 is 0 Å². The molecule has 118 valence electrons. The molecule has 1 aromatic carbocycles. The first-order valence-corrected chi connectivity index (χ1v) is 8.23. The van der Waals surface area contributed by atoms with E-state index < -0.39 is 27.2 Å². The van der Waals surface area contributed by atoms with E-state index in [0.717, 1.165) is 15.7 Å². The fourth-order valence-electron chi connectivity index (χ4n) is 2.00. The lowest BCUT2D eigenvalue weighted by Crippen LogP contribution is -2.54. The van der Waals surface area contributed by atoms with Crippen LogP contribution in [0.4, 0.5) is 10.5 Å². The first kappa shape index (κ1) is 16.4. The molecule has 0 aliphatic carbocycles. The first-order chi connectivity index (χ1) is 10.1. The third-order valence-corrected chi connectivity index (χ3v) is 5.28. The minimum Gasteiger partial charge on any atom is -0.282 e. The topological polar surface area (TPSA) is 86.6 Å². The van der Waals surface area contributed by atoms with Crippen molar-refractivity contribution < 1.29 is 22.6 Å². The van der Waals surface area contributed by atoms with Gasteiger partial charge in [0.2, 0.25) is 5.25 Å². The number of anilines is 1. The summed E-state index contributed by atoms with van der Waals surface area (Å²) in [5.74, 6) is -0.810. The number of hydrogen-bond acceptors (Lipinski definition) is 4. The van der Waals surface area contributed by atoms with E-state index in [-0.39, 0.29) is 5.69 Å². The third-order valence-electron chi connectivity index (χ3n) is 3.38. The molecule has 1 atom stereocenters. The van der Waals surface area contributed by atoms with Crippen molar-refractivity contribution in [3.8, 4) is 0 Å². The van der Waals surface area contributed by atoms with Gasteiger partial charge in [0.1, 0.15) is 6.21 Å². The average molecular weight is 345 g/mol. The zero-order valence-corrected chi connectivity index (χ0v) is 13.8. The monoisotopic (exact) mass is 344 g/mol. The van der Waals surface area contributed by atoms with Crippen LogP contribution in [0.1, 0.15) is 5.56 Å². The van der Waals surface area contributed by atoms with Gasteiger partial charge in [-0.1, -0.05) is 17.7 Å². The van der Waals surface area contributed by atoms with E-state index in [4.69, 9.17) is 11.6 Å². The maximum absolute atomic E-state index is 12.5. The molecule has 1 heterocycles. The zero-order chi connectivity index (χ0) is 16.7. The highest BCUT2D eigenvalue weighted by molar-refractivity contribution is 7.94. The molecule has 0 aromatic heterocycles. The van der Waals surface area contributed by atoms with Gasteiger partial charge in [-0.25, -0.2) is 17.8 Å². The Balaban J connectivity index is 2.41. The summed E-state index contributed by atoms with van der Waals surface area (Å²) in [6.45, 7) is 1.66. The number of benzene rings is 1. The molecule has 1 N–H and O–H groups in total. The largest absolute Gasteiger partial charge is 0.500 e. The Labute approximate surface area is 133 Å². The van der Waals surface area contributed by atoms with Crippen LogP contribution < -0.4 is 4.72 Å². The molecule has 1 aliphatic heterocycles. The van der Waals surface area contributed by atoms with Crippen molar-refractivity contribution in [1.82, 2.24) is 4.90 Å². The number of imide groups is 1. The van der Waals surface area contributed by atoms with Crippen molar-refractivity contribution in [2.24, 2.45) is 0 Å². The molecule has 2 rings (SSSR count). The SMILES string of the molecule is Cc1c(Cl)cccc1NS(=O)(=O)C1C=[N+](C)C(=O)N(C)C1=O. The van der Waals surface area contributed by atoms with Crippen molar-refractivity contribution >= 4 is 45.5 Å². The van der Waals surface area contributed by atoms with E-state index in [1.54, 1.807) is 25.1 Å². The van der Waals surface area contributed by atoms with Crippen molar-refractivity contribution in [1.29, 1.82) is 0 Å². The van der Waals surface area contributed by atoms with Crippen molar-refractivity contribution in [3.63, 3.8) is 0 Å². The summed E-state index contributed by atoms with van der Waals surface area (Å²) in [5.41, 5.74) is 0.838. The van der Waals surface area contributed by atoms with Crippen molar-refractivity contribution in [2.45, 2.75) is 12.2 Å². The number of sulfonamides is 1. The number of amides is 3. The summed E-state index contributed by atoms with van der Waals surface area (Å²) in [6.07, 6.45) is 1.08. The van der Waals surface area contributed by atoms with Crippen LogP contribution in [0.5, 0.6) is 0 Å². The quantitative estimate of drug-likeness (QED) is 0.831. The maximum atomic E-state index is 12.5. The van der Waals surface area contributed by atoms with Gasteiger partial charge >= 0.3 is 11.9 Å². The van der Waals surface area contributed by atoms with E-state index in [9.17, 15) is 18.0 Å². The van der Waals surface area contributed by atoms with Gasteiger partial charge in [-0.05, 0) is 24.6 Å². The molecule has 0 fully saturated rings. The minimum atomic E-state index is -4.06. The molecule has 0 radical (unpaired) electrons. The number of hydrogen-bond donors (Lipinski definition) is 1. The molecule has 1 aromatic rings. The third kappa shape index (κ3) is 2.84. The van der Waals surface area contributed by atoms with Gasteiger partial charge in [0.15, 0.2) is 0 Å². The number of carbonyl (C=O) groups is 2. The lowest BCUT2D eigenvalue weighted by molar-refractivity contribution is -0.399. The predicted molar refractivity (Wildman–Crippen MR) is 82.9 cm³/mol. The number of nitrogens with zero attached hydrogens (tertiary/aromatic N) is 2. The Kier molecular flexibility index (Phi) is 4.25. The molecule has 0 spiro atoms. The molecule has 22 heavy (non-hydrogen) atoms. The number of rotatable bonds is 3. The molecule has 0 bridgehead atoms. The molecule has 9 heteroatoms. The second kappa shape index (κ2) is 5.69. The Bertz CT molecular complexity index is 788. The molecule has 0 saturated heterocycles. The van der Waals surface area contributed by atoms with E-state index in [2.05, 4.69) is 4.72 Å². The average Bonchev–Trinajstić information content (AvgIpc) is 2.45. The maximum Gasteiger partial charge on any atom is 0.500 e. The van der Waals surface area contributed by atoms with Gasteiger partial charge < -0.3 is 0 Å². The molecule has 7 nitrogen and oxygen atoms in total. The molecular formula is C13H15ClN3O4S+. The van der Waals surface area contributed by atoms with Crippen molar-refractivity contribution in [3.05, 3.63) is 28.8 Å². The van der Waals surface area contributed by atoms with Crippen LogP contribution in [0, 0.1) is 6.92 Å². The highest BCUT2D eigenvalue weighted by Gasteiger charge is 2.46. The smallest absolute Gasteiger partial charge is 0.282 e. The Morgan fingerprint density at radius 1 is 1.32 bits per heavy atom. The van der Waals surface area contributed by atoms with Crippen molar-refractivity contribution in [2.75, 3.05) is 18.8 Å². The molecular weight excluding hydrogens is 330 g/mol. The van der Waals surface area contributed by atoms with Gasteiger partial charge in [-0.3, -0.25) is 4.72 Å². The summed E-state index contributed by atoms with van der Waals surface area (Å²) >= 11 is 5.95. The van der Waals surface area contributed by atoms with Crippen LogP contribution in [-0.2, 0) is 14.8 Å². The van der Waals surface area contributed by atoms with Gasteiger partial charge in [0.25, 0.3) is 10.0 Å². The number of urea groups is 1. The van der Waals surface area contributed by atoms with Gasteiger partial charge in [-0.2, -0.15) is 9.69 Å². The highest BCUT2D eigenvalue weighted by atomic mass is 35.5. The van der Waals surface area contributed by atoms with Crippen LogP contribution in [0.15, 0.2) is 18.2 Å². The van der Waals surface area contributed by atoms with E-state index in [1.165, 1.54) is 14.1 Å². The normalized spacial score (nSPS) is 19.2. The molecule has 3 amide bonds. The minimum absolute atomic E-state index is 0.288. The summed E-state index contributed by atoms with van der Waals surface area (Å²) in [5, 5.41) is -1.08. The van der Waals surface area contributed by atoms with Crippen LogP contribution >= 0.6 is 11.6 Å². The summed E-state index contributed by atoms with van der Waals surface area (Å²) in [4.78, 5) is 24.5. The second-order valence-corrected chi connectivity index (χ2v) is 7.13. The van der Waals surface area contributed by atoms with Gasteiger partial charge in [0, 0.05) is 5.02 Å². The lowest BCUT2D eigenvalue weighted by atomic mass is 10.2. The standard InChI is InChI=1S/C13H15ClN3O4S/c1-8-9(14)5-4-6-10(8)15-22(20,21)11-7-16(2)13(19)17(3)12(11)18/h4-7,11,15H,1-3H3/q+1. The van der Waals surface area contributed by atoms with Crippen LogP contribution in [-0.4, -0.2) is 55.4 Å². The zero-order valence-electron chi connectivity index (χ0n) is 12.2. The summed E-state index contributed by atoms with van der Waals surface area (Å²) < 4.78 is 28.3. The number of nitrogens with one attached hydrogen (secondary N) is 1.